The van der Waals surface area contributed by atoms with Crippen LogP contribution in [0.15, 0.2) is 158 Å². The van der Waals surface area contributed by atoms with Crippen LogP contribution in [0, 0.1) is 12.1 Å². The zero-order valence-corrected chi connectivity index (χ0v) is 32.1. The molecular formula is C42H28F6IrN4O2P+2. The Hall–Kier alpha value is -6.00. The third-order valence-electron chi connectivity index (χ3n) is 7.29. The van der Waals surface area contributed by atoms with Crippen molar-refractivity contribution in [3.8, 4) is 33.9 Å². The van der Waals surface area contributed by atoms with Crippen molar-refractivity contribution in [1.82, 2.24) is 19.9 Å². The fourth-order valence-electron chi connectivity index (χ4n) is 4.80. The van der Waals surface area contributed by atoms with E-state index in [-0.39, 0.29) is 20.1 Å². The Morgan fingerprint density at radius 3 is 1.14 bits per heavy atom. The molecule has 0 bridgehead atoms. The van der Waals surface area contributed by atoms with Gasteiger partial charge >= 0.3 is 53.1 Å². The molecule has 2 radical (unpaired) electrons. The van der Waals surface area contributed by atoms with Gasteiger partial charge in [-0.05, 0) is 72.8 Å². The number of fused-ring (bicyclic) bond motifs is 2. The van der Waals surface area contributed by atoms with Crippen LogP contribution in [-0.4, -0.2) is 32.5 Å². The molecule has 0 amide bonds. The second-order valence-electron chi connectivity index (χ2n) is 11.5. The van der Waals surface area contributed by atoms with Crippen molar-refractivity contribution in [3.05, 3.63) is 181 Å². The van der Waals surface area contributed by atoms with Gasteiger partial charge in [-0.1, -0.05) is 84.9 Å². The van der Waals surface area contributed by atoms with Crippen LogP contribution in [0.1, 0.15) is 20.7 Å². The number of aldehydes is 2. The predicted molar refractivity (Wildman–Crippen MR) is 204 cm³/mol. The van der Waals surface area contributed by atoms with Gasteiger partial charge in [-0.3, -0.25) is 19.6 Å². The number of aromatic nitrogens is 4. The molecule has 8 rings (SSSR count). The molecule has 0 N–H and O–H groups in total. The molecule has 0 aliphatic heterocycles. The first kappa shape index (κ1) is 42.7. The van der Waals surface area contributed by atoms with Gasteiger partial charge < -0.3 is 0 Å². The Balaban J connectivity index is 0.000000174. The number of rotatable bonds is 5. The minimum atomic E-state index is -10.7. The number of halogens is 6. The Morgan fingerprint density at radius 2 is 0.821 bits per heavy atom. The van der Waals surface area contributed by atoms with Gasteiger partial charge in [0.1, 0.15) is 12.6 Å². The number of hydrogen-bond donors (Lipinski definition) is 0. The van der Waals surface area contributed by atoms with Crippen LogP contribution in [-0.2, 0) is 20.1 Å². The summed E-state index contributed by atoms with van der Waals surface area (Å²) in [5, 5.41) is 2.23. The van der Waals surface area contributed by atoms with E-state index in [1.54, 1.807) is 36.7 Å². The molecule has 4 aromatic heterocycles. The van der Waals surface area contributed by atoms with E-state index in [0.29, 0.717) is 11.1 Å². The standard InChI is InChI=1S/2C16H10NO.C10H8N2.F6P.Ir/c2*18-11-12-5-7-14(8-6-12)16-10-9-13-3-1-2-4-15(13)17-16;1-3-7-11-9(5-1)10-6-2-4-8-12-10;1-7(2,3,4,5)6;/h2*1-7,9-11H;1-8H;;/q;;;-1;+3. The first-order valence-corrected chi connectivity index (χ1v) is 18.2. The van der Waals surface area contributed by atoms with Crippen molar-refractivity contribution in [3.63, 3.8) is 0 Å². The summed E-state index contributed by atoms with van der Waals surface area (Å²) in [6, 6.07) is 52.4. The Labute approximate surface area is 330 Å². The molecule has 0 aliphatic rings. The van der Waals surface area contributed by atoms with Gasteiger partial charge in [0.05, 0.1) is 33.8 Å². The van der Waals surface area contributed by atoms with Gasteiger partial charge in [0.2, 0.25) is 0 Å². The van der Waals surface area contributed by atoms with E-state index in [2.05, 4.69) is 32.1 Å². The zero-order chi connectivity index (χ0) is 39.4. The van der Waals surface area contributed by atoms with E-state index in [0.717, 1.165) is 68.3 Å². The Bertz CT molecular complexity index is 2340. The fourth-order valence-corrected chi connectivity index (χ4v) is 4.80. The number of hydrogen-bond acceptors (Lipinski definition) is 6. The number of carbonyl (C=O) groups excluding carboxylic acids is 2. The summed E-state index contributed by atoms with van der Waals surface area (Å²) in [5.74, 6) is 0. The summed E-state index contributed by atoms with van der Waals surface area (Å²) in [6.07, 6.45) is 5.16. The molecule has 0 atom stereocenters. The van der Waals surface area contributed by atoms with Gasteiger partial charge in [0, 0.05) is 45.4 Å². The van der Waals surface area contributed by atoms with Gasteiger partial charge in [-0.25, -0.2) is 9.97 Å². The van der Waals surface area contributed by atoms with Crippen molar-refractivity contribution in [2.24, 2.45) is 0 Å². The minimum Gasteiger partial charge on any atom is -0.298 e. The van der Waals surface area contributed by atoms with Crippen LogP contribution in [0.3, 0.4) is 0 Å². The maximum atomic E-state index is 10.6. The van der Waals surface area contributed by atoms with E-state index >= 15 is 0 Å². The van der Waals surface area contributed by atoms with Crippen LogP contribution in [0.5, 0.6) is 0 Å². The fraction of sp³-hybridized carbons (Fsp3) is 0. The maximum Gasteiger partial charge on any atom is 3.00 e. The molecular weight excluding hydrogens is 930 g/mol. The third kappa shape index (κ3) is 14.3. The van der Waals surface area contributed by atoms with Gasteiger partial charge in [-0.2, -0.15) is 0 Å². The predicted octanol–water partition coefficient (Wildman–Crippen LogP) is 12.6. The van der Waals surface area contributed by atoms with Crippen molar-refractivity contribution in [1.29, 1.82) is 0 Å². The van der Waals surface area contributed by atoms with E-state index < -0.39 is 7.81 Å². The largest absolute Gasteiger partial charge is 3.00 e. The summed E-state index contributed by atoms with van der Waals surface area (Å²) in [6.45, 7) is 0. The Kier molecular flexibility index (Phi) is 13.8. The summed E-state index contributed by atoms with van der Waals surface area (Å²) >= 11 is 0. The SMILES string of the molecule is F[P-](F)(F)(F)(F)F.O=Cc1c[c]c(-c2ccc3ccccc3n2)cc1.O=Cc1c[c]c(-c2ccc3ccccc3n2)cc1.[Ir+3].c1ccc(-c2ccccn2)nc1. The second kappa shape index (κ2) is 18.1. The number of carbonyl (C=O) groups is 2. The number of para-hydroxylation sites is 2. The van der Waals surface area contributed by atoms with Crippen molar-refractivity contribution >= 4 is 42.2 Å². The normalized spacial score (nSPS) is 11.7. The molecule has 0 saturated carbocycles. The van der Waals surface area contributed by atoms with E-state index in [4.69, 9.17) is 0 Å². The number of pyridine rings is 4. The van der Waals surface area contributed by atoms with Crippen LogP contribution in [0.25, 0.3) is 55.7 Å². The summed E-state index contributed by atoms with van der Waals surface area (Å²) < 4.78 is 59.2. The van der Waals surface area contributed by atoms with E-state index in [1.807, 2.05) is 121 Å². The smallest absolute Gasteiger partial charge is 0.298 e. The molecule has 4 aromatic carbocycles. The monoisotopic (exact) mass is 958 g/mol. The van der Waals surface area contributed by atoms with Crippen LogP contribution in [0.4, 0.5) is 25.2 Å². The summed E-state index contributed by atoms with van der Waals surface area (Å²) in [5.41, 5.74) is 8.52. The average Bonchev–Trinajstić information content (AvgIpc) is 3.20. The van der Waals surface area contributed by atoms with Crippen LogP contribution < -0.4 is 0 Å². The van der Waals surface area contributed by atoms with Crippen LogP contribution >= 0.6 is 7.81 Å². The molecule has 14 heteroatoms. The molecule has 0 aliphatic carbocycles. The van der Waals surface area contributed by atoms with Crippen LogP contribution in [0.2, 0.25) is 0 Å². The molecule has 0 unspecified atom stereocenters. The number of benzene rings is 4. The topological polar surface area (TPSA) is 85.7 Å². The number of nitrogens with zero attached hydrogens (tertiary/aromatic N) is 4. The molecule has 4 heterocycles. The first-order valence-electron chi connectivity index (χ1n) is 16.2. The van der Waals surface area contributed by atoms with Crippen molar-refractivity contribution < 1.29 is 54.9 Å². The molecule has 0 saturated heterocycles. The third-order valence-corrected chi connectivity index (χ3v) is 7.29. The van der Waals surface area contributed by atoms with Crippen molar-refractivity contribution in [2.75, 3.05) is 0 Å². The quantitative estimate of drug-likeness (QED) is 0.0970. The molecule has 0 fully saturated rings. The zero-order valence-electron chi connectivity index (χ0n) is 28.8. The minimum absolute atomic E-state index is 0. The molecule has 0 spiro atoms. The van der Waals surface area contributed by atoms with E-state index in [9.17, 15) is 34.8 Å². The molecule has 282 valence electrons. The second-order valence-corrected chi connectivity index (χ2v) is 13.4. The van der Waals surface area contributed by atoms with Gasteiger partial charge in [0.15, 0.2) is 0 Å². The Morgan fingerprint density at radius 1 is 0.446 bits per heavy atom. The average molecular weight is 958 g/mol. The van der Waals surface area contributed by atoms with Gasteiger partial charge in [-0.15, -0.1) is 0 Å². The van der Waals surface area contributed by atoms with Crippen molar-refractivity contribution in [2.45, 2.75) is 0 Å². The molecule has 56 heavy (non-hydrogen) atoms. The maximum absolute atomic E-state index is 10.7. The van der Waals surface area contributed by atoms with E-state index in [1.165, 1.54) is 0 Å². The van der Waals surface area contributed by atoms with Gasteiger partial charge in [0.25, 0.3) is 0 Å². The summed E-state index contributed by atoms with van der Waals surface area (Å²) in [4.78, 5) is 38.7. The first-order chi connectivity index (χ1) is 26.1. The molecule has 6 nitrogen and oxygen atoms in total. The molecule has 8 aromatic rings. The summed E-state index contributed by atoms with van der Waals surface area (Å²) in [7, 11) is -10.7.